The highest BCUT2D eigenvalue weighted by Gasteiger charge is 2.33. The first kappa shape index (κ1) is 14.7. The SMILES string of the molecule is O=C(NC1CC2CCN(C2)C1)c1cc2sc(NC3CC3)cc2cn1. The molecular formula is C18H22N4OS. The van der Waals surface area contributed by atoms with Crippen molar-refractivity contribution in [2.75, 3.05) is 25.0 Å². The fraction of sp³-hybridized carbons (Fsp3) is 0.556. The minimum Gasteiger partial charge on any atom is -0.374 e. The molecule has 3 unspecified atom stereocenters. The standard InChI is InChI=1S/C18H22N4OS/c23-18(21-14-5-11-3-4-22(9-11)10-14)15-7-16-12(8-19-15)6-17(24-16)20-13-1-2-13/h6-8,11,13-14,20H,1-5,9-10H2,(H,21,23). The van der Waals surface area contributed by atoms with E-state index in [2.05, 4.69) is 26.6 Å². The Morgan fingerprint density at radius 2 is 2.12 bits per heavy atom. The number of pyridine rings is 1. The van der Waals surface area contributed by atoms with Gasteiger partial charge in [-0.3, -0.25) is 9.78 Å². The maximum atomic E-state index is 12.6. The van der Waals surface area contributed by atoms with Crippen molar-refractivity contribution in [3.63, 3.8) is 0 Å². The third-order valence-corrected chi connectivity index (χ3v) is 6.39. The first-order valence-electron chi connectivity index (χ1n) is 8.92. The van der Waals surface area contributed by atoms with E-state index >= 15 is 0 Å². The lowest BCUT2D eigenvalue weighted by atomic mass is 9.97. The number of rotatable bonds is 4. The van der Waals surface area contributed by atoms with Gasteiger partial charge in [0, 0.05) is 41.5 Å². The molecule has 2 aromatic rings. The van der Waals surface area contributed by atoms with E-state index in [1.807, 2.05) is 12.3 Å². The molecule has 2 aromatic heterocycles. The second kappa shape index (κ2) is 5.70. The number of anilines is 1. The van der Waals surface area contributed by atoms with Gasteiger partial charge in [0.05, 0.1) is 5.00 Å². The Morgan fingerprint density at radius 1 is 1.21 bits per heavy atom. The Hall–Kier alpha value is -1.66. The molecule has 1 saturated carbocycles. The van der Waals surface area contributed by atoms with Gasteiger partial charge >= 0.3 is 0 Å². The Morgan fingerprint density at radius 3 is 2.96 bits per heavy atom. The largest absolute Gasteiger partial charge is 0.374 e. The van der Waals surface area contributed by atoms with Crippen LogP contribution in [-0.4, -0.2) is 47.5 Å². The summed E-state index contributed by atoms with van der Waals surface area (Å²) < 4.78 is 1.13. The average Bonchev–Trinajstić information content (AvgIpc) is 3.18. The zero-order valence-electron chi connectivity index (χ0n) is 13.6. The topological polar surface area (TPSA) is 57.3 Å². The highest BCUT2D eigenvalue weighted by Crippen LogP contribution is 2.34. The number of aromatic nitrogens is 1. The summed E-state index contributed by atoms with van der Waals surface area (Å²) in [5.41, 5.74) is 0.537. The number of carbonyl (C=O) groups is 1. The van der Waals surface area contributed by atoms with Gasteiger partial charge in [-0.15, -0.1) is 11.3 Å². The van der Waals surface area contributed by atoms with Gasteiger partial charge in [-0.25, -0.2) is 0 Å². The van der Waals surface area contributed by atoms with Crippen LogP contribution in [0.4, 0.5) is 5.00 Å². The van der Waals surface area contributed by atoms with Gasteiger partial charge in [-0.2, -0.15) is 0 Å². The molecule has 5 rings (SSSR count). The lowest BCUT2D eigenvalue weighted by Crippen LogP contribution is -2.47. The Bertz CT molecular complexity index is 772. The zero-order chi connectivity index (χ0) is 16.1. The number of nitrogens with one attached hydrogen (secondary N) is 2. The molecule has 24 heavy (non-hydrogen) atoms. The molecule has 5 nitrogen and oxygen atoms in total. The summed E-state index contributed by atoms with van der Waals surface area (Å²) in [6, 6.07) is 4.99. The molecule has 6 heteroatoms. The number of nitrogens with zero attached hydrogens (tertiary/aromatic N) is 2. The quantitative estimate of drug-likeness (QED) is 0.897. The van der Waals surface area contributed by atoms with Crippen LogP contribution in [-0.2, 0) is 0 Å². The number of fused-ring (bicyclic) bond motifs is 3. The molecule has 126 valence electrons. The summed E-state index contributed by atoms with van der Waals surface area (Å²) in [6.07, 6.45) is 6.74. The Balaban J connectivity index is 1.30. The summed E-state index contributed by atoms with van der Waals surface area (Å²) in [6.45, 7) is 3.38. The van der Waals surface area contributed by atoms with E-state index in [-0.39, 0.29) is 11.9 Å². The van der Waals surface area contributed by atoms with Crippen molar-refractivity contribution in [2.24, 2.45) is 5.92 Å². The lowest BCUT2D eigenvalue weighted by molar-refractivity contribution is 0.0904. The summed E-state index contributed by atoms with van der Waals surface area (Å²) in [4.78, 5) is 19.4. The van der Waals surface area contributed by atoms with Crippen LogP contribution >= 0.6 is 11.3 Å². The lowest BCUT2D eigenvalue weighted by Gasteiger charge is -2.30. The summed E-state index contributed by atoms with van der Waals surface area (Å²) in [5, 5.41) is 9.01. The van der Waals surface area contributed by atoms with Gasteiger partial charge in [0.15, 0.2) is 0 Å². The van der Waals surface area contributed by atoms with Crippen molar-refractivity contribution < 1.29 is 4.79 Å². The highest BCUT2D eigenvalue weighted by molar-refractivity contribution is 7.22. The number of hydrogen-bond acceptors (Lipinski definition) is 5. The van der Waals surface area contributed by atoms with E-state index in [1.165, 1.54) is 37.4 Å². The fourth-order valence-corrected chi connectivity index (χ4v) is 5.03. The third kappa shape index (κ3) is 2.89. The minimum atomic E-state index is -0.0329. The van der Waals surface area contributed by atoms with Gasteiger partial charge in [0.1, 0.15) is 5.69 Å². The smallest absolute Gasteiger partial charge is 0.270 e. The predicted octanol–water partition coefficient (Wildman–Crippen LogP) is 2.69. The molecule has 0 aromatic carbocycles. The van der Waals surface area contributed by atoms with Crippen molar-refractivity contribution in [1.29, 1.82) is 0 Å². The van der Waals surface area contributed by atoms with Crippen molar-refractivity contribution in [3.8, 4) is 0 Å². The molecule has 2 aliphatic heterocycles. The van der Waals surface area contributed by atoms with E-state index in [0.717, 1.165) is 29.0 Å². The van der Waals surface area contributed by atoms with Crippen LogP contribution in [0.2, 0.25) is 0 Å². The van der Waals surface area contributed by atoms with Crippen LogP contribution in [0.1, 0.15) is 36.2 Å². The number of carbonyl (C=O) groups excluding carboxylic acids is 1. The first-order chi connectivity index (χ1) is 11.7. The number of hydrogen-bond donors (Lipinski definition) is 2. The summed E-state index contributed by atoms with van der Waals surface area (Å²) >= 11 is 1.71. The molecule has 1 amide bonds. The van der Waals surface area contributed by atoms with E-state index in [4.69, 9.17) is 0 Å². The van der Waals surface area contributed by atoms with Crippen molar-refractivity contribution >= 4 is 32.3 Å². The van der Waals surface area contributed by atoms with Crippen LogP contribution in [0.25, 0.3) is 10.1 Å². The second-order valence-corrected chi connectivity index (χ2v) is 8.54. The van der Waals surface area contributed by atoms with E-state index in [0.29, 0.717) is 11.7 Å². The molecule has 3 aliphatic rings. The molecule has 3 fully saturated rings. The second-order valence-electron chi connectivity index (χ2n) is 7.46. The van der Waals surface area contributed by atoms with Gasteiger partial charge in [0.2, 0.25) is 0 Å². The summed E-state index contributed by atoms with van der Waals surface area (Å²) in [5.74, 6) is 0.724. The van der Waals surface area contributed by atoms with E-state index in [1.54, 1.807) is 11.3 Å². The average molecular weight is 342 g/mol. The third-order valence-electron chi connectivity index (χ3n) is 5.36. The zero-order valence-corrected chi connectivity index (χ0v) is 14.4. The molecule has 2 N–H and O–H groups in total. The fourth-order valence-electron chi connectivity index (χ4n) is 3.98. The van der Waals surface area contributed by atoms with E-state index < -0.39 is 0 Å². The number of piperidine rings is 1. The first-order valence-corrected chi connectivity index (χ1v) is 9.74. The van der Waals surface area contributed by atoms with Gasteiger partial charge in [-0.1, -0.05) is 0 Å². The van der Waals surface area contributed by atoms with Gasteiger partial charge in [0.25, 0.3) is 5.91 Å². The van der Waals surface area contributed by atoms with Gasteiger partial charge in [-0.05, 0) is 50.3 Å². The molecule has 2 bridgehead atoms. The highest BCUT2D eigenvalue weighted by atomic mass is 32.1. The van der Waals surface area contributed by atoms with E-state index in [9.17, 15) is 4.79 Å². The molecular weight excluding hydrogens is 320 g/mol. The van der Waals surface area contributed by atoms with Crippen LogP contribution in [0.5, 0.6) is 0 Å². The Labute approximate surface area is 145 Å². The maximum Gasteiger partial charge on any atom is 0.270 e. The Kier molecular flexibility index (Phi) is 3.49. The molecule has 0 spiro atoms. The maximum absolute atomic E-state index is 12.6. The monoisotopic (exact) mass is 342 g/mol. The number of amides is 1. The van der Waals surface area contributed by atoms with Crippen molar-refractivity contribution in [1.82, 2.24) is 15.2 Å². The summed E-state index contributed by atoms with van der Waals surface area (Å²) in [7, 11) is 0. The minimum absolute atomic E-state index is 0.0329. The van der Waals surface area contributed by atoms with Gasteiger partial charge < -0.3 is 15.5 Å². The molecule has 4 heterocycles. The van der Waals surface area contributed by atoms with Crippen LogP contribution in [0.3, 0.4) is 0 Å². The molecule has 2 saturated heterocycles. The molecule has 1 aliphatic carbocycles. The predicted molar refractivity (Wildman–Crippen MR) is 96.7 cm³/mol. The normalized spacial score (nSPS) is 28.9. The van der Waals surface area contributed by atoms with Crippen LogP contribution in [0, 0.1) is 5.92 Å². The number of thiophene rings is 1. The molecule has 3 atom stereocenters. The van der Waals surface area contributed by atoms with Crippen LogP contribution in [0.15, 0.2) is 18.3 Å². The van der Waals surface area contributed by atoms with Crippen molar-refractivity contribution in [3.05, 3.63) is 24.0 Å². The molecule has 0 radical (unpaired) electrons. The van der Waals surface area contributed by atoms with Crippen molar-refractivity contribution in [2.45, 2.75) is 37.8 Å². The van der Waals surface area contributed by atoms with Crippen LogP contribution < -0.4 is 10.6 Å².